The van der Waals surface area contributed by atoms with Gasteiger partial charge in [-0.25, -0.2) is 0 Å². The largest absolute Gasteiger partial charge is 0.389 e. The van der Waals surface area contributed by atoms with Crippen molar-refractivity contribution in [1.29, 1.82) is 0 Å². The first kappa shape index (κ1) is 17.2. The lowest BCUT2D eigenvalue weighted by molar-refractivity contribution is 0.0344. The molecule has 0 aromatic carbocycles. The Morgan fingerprint density at radius 2 is 2.10 bits per heavy atom. The molecule has 1 saturated heterocycles. The van der Waals surface area contributed by atoms with Crippen molar-refractivity contribution in [3.63, 3.8) is 0 Å². The highest BCUT2D eigenvalue weighted by molar-refractivity contribution is 4.89. The Morgan fingerprint density at radius 3 is 2.81 bits per heavy atom. The van der Waals surface area contributed by atoms with E-state index < -0.39 is 0 Å². The van der Waals surface area contributed by atoms with Crippen molar-refractivity contribution in [2.75, 3.05) is 39.4 Å². The summed E-state index contributed by atoms with van der Waals surface area (Å²) in [6, 6.07) is 0.903. The molecule has 0 radical (unpaired) electrons. The number of rotatable bonds is 11. The Morgan fingerprint density at radius 1 is 1.29 bits per heavy atom. The van der Waals surface area contributed by atoms with Gasteiger partial charge in [0, 0.05) is 25.7 Å². The van der Waals surface area contributed by atoms with E-state index in [1.54, 1.807) is 0 Å². The normalized spacial score (nSPS) is 24.9. The first-order valence-electron chi connectivity index (χ1n) is 8.85. The summed E-state index contributed by atoms with van der Waals surface area (Å²) in [6.45, 7) is 9.91. The third kappa shape index (κ3) is 7.09. The van der Waals surface area contributed by atoms with Crippen LogP contribution in [0.15, 0.2) is 0 Å². The molecule has 2 unspecified atom stereocenters. The summed E-state index contributed by atoms with van der Waals surface area (Å²) in [5.74, 6) is 1.51. The van der Waals surface area contributed by atoms with Gasteiger partial charge in [0.25, 0.3) is 0 Å². The Bertz CT molecular complexity index is 282. The quantitative estimate of drug-likeness (QED) is 0.572. The van der Waals surface area contributed by atoms with Crippen molar-refractivity contribution in [1.82, 2.24) is 10.2 Å². The third-order valence-corrected chi connectivity index (χ3v) is 4.57. The minimum absolute atomic E-state index is 0.370. The molecule has 0 aromatic rings. The van der Waals surface area contributed by atoms with Crippen LogP contribution in [0.25, 0.3) is 0 Å². The summed E-state index contributed by atoms with van der Waals surface area (Å²) >= 11 is 0. The number of aliphatic hydroxyl groups excluding tert-OH is 1. The number of hydrogen-bond acceptors (Lipinski definition) is 4. The minimum Gasteiger partial charge on any atom is -0.389 e. The van der Waals surface area contributed by atoms with Gasteiger partial charge in [-0.1, -0.05) is 13.8 Å². The van der Waals surface area contributed by atoms with Gasteiger partial charge in [0.1, 0.15) is 0 Å². The molecule has 0 bridgehead atoms. The van der Waals surface area contributed by atoms with E-state index in [4.69, 9.17) is 4.74 Å². The smallest absolute Gasteiger partial charge is 0.0897 e. The molecule has 0 aromatic heterocycles. The van der Waals surface area contributed by atoms with E-state index in [0.29, 0.717) is 13.2 Å². The maximum Gasteiger partial charge on any atom is 0.0897 e. The molecule has 0 amide bonds. The molecular formula is C17H34N2O2. The molecule has 1 aliphatic heterocycles. The van der Waals surface area contributed by atoms with Gasteiger partial charge in [0.2, 0.25) is 0 Å². The van der Waals surface area contributed by atoms with Crippen molar-refractivity contribution in [3.05, 3.63) is 0 Å². The molecule has 4 heteroatoms. The van der Waals surface area contributed by atoms with Gasteiger partial charge >= 0.3 is 0 Å². The van der Waals surface area contributed by atoms with Gasteiger partial charge in [-0.05, 0) is 57.0 Å². The van der Waals surface area contributed by atoms with E-state index >= 15 is 0 Å². The van der Waals surface area contributed by atoms with E-state index in [2.05, 4.69) is 24.1 Å². The molecule has 2 atom stereocenters. The molecule has 0 spiro atoms. The molecule has 1 heterocycles. The van der Waals surface area contributed by atoms with E-state index in [1.165, 1.54) is 38.8 Å². The van der Waals surface area contributed by atoms with Gasteiger partial charge in [0.05, 0.1) is 12.7 Å². The molecule has 2 fully saturated rings. The maximum absolute atomic E-state index is 9.88. The summed E-state index contributed by atoms with van der Waals surface area (Å²) in [6.07, 6.45) is 6.06. The van der Waals surface area contributed by atoms with Crippen LogP contribution in [0.2, 0.25) is 0 Å². The van der Waals surface area contributed by atoms with Crippen LogP contribution in [0.4, 0.5) is 0 Å². The van der Waals surface area contributed by atoms with Gasteiger partial charge in [-0.2, -0.15) is 0 Å². The molecule has 1 saturated carbocycles. The lowest BCUT2D eigenvalue weighted by Crippen LogP contribution is -2.34. The van der Waals surface area contributed by atoms with E-state index in [1.807, 2.05) is 0 Å². The zero-order valence-corrected chi connectivity index (χ0v) is 13.9. The number of likely N-dealkylation sites (tertiary alicyclic amines) is 1. The third-order valence-electron chi connectivity index (χ3n) is 4.57. The van der Waals surface area contributed by atoms with Crippen molar-refractivity contribution < 1.29 is 9.84 Å². The Hall–Kier alpha value is -0.160. The van der Waals surface area contributed by atoms with E-state index in [-0.39, 0.29) is 6.10 Å². The van der Waals surface area contributed by atoms with Crippen LogP contribution < -0.4 is 5.32 Å². The molecule has 4 nitrogen and oxygen atoms in total. The van der Waals surface area contributed by atoms with Crippen LogP contribution in [0, 0.1) is 11.8 Å². The highest BCUT2D eigenvalue weighted by atomic mass is 16.5. The van der Waals surface area contributed by atoms with Crippen LogP contribution in [-0.2, 0) is 4.74 Å². The Labute approximate surface area is 130 Å². The fourth-order valence-corrected chi connectivity index (χ4v) is 3.13. The average Bonchev–Trinajstić information content (AvgIpc) is 3.18. The van der Waals surface area contributed by atoms with Gasteiger partial charge in [0.15, 0.2) is 0 Å². The second-order valence-electron chi connectivity index (χ2n) is 7.30. The standard InChI is InChI=1S/C17H34N2O2/c1-14(2)4-3-9-21-13-17(20)11-18-10-15-7-8-19(12-15)16-5-6-16/h14-18,20H,3-13H2,1-2H3. The van der Waals surface area contributed by atoms with Crippen LogP contribution in [0.3, 0.4) is 0 Å². The molecule has 21 heavy (non-hydrogen) atoms. The van der Waals surface area contributed by atoms with Crippen molar-refractivity contribution in [2.24, 2.45) is 11.8 Å². The second kappa shape index (κ2) is 9.09. The second-order valence-corrected chi connectivity index (χ2v) is 7.30. The monoisotopic (exact) mass is 298 g/mol. The lowest BCUT2D eigenvalue weighted by atomic mass is 10.1. The summed E-state index contributed by atoms with van der Waals surface area (Å²) < 4.78 is 5.53. The summed E-state index contributed by atoms with van der Waals surface area (Å²) in [7, 11) is 0. The van der Waals surface area contributed by atoms with Gasteiger partial charge < -0.3 is 20.1 Å². The van der Waals surface area contributed by atoms with Crippen LogP contribution in [-0.4, -0.2) is 61.5 Å². The topological polar surface area (TPSA) is 44.7 Å². The number of nitrogens with one attached hydrogen (secondary N) is 1. The van der Waals surface area contributed by atoms with E-state index in [9.17, 15) is 5.11 Å². The minimum atomic E-state index is -0.370. The first-order chi connectivity index (χ1) is 10.1. The molecule has 2 rings (SSSR count). The van der Waals surface area contributed by atoms with Gasteiger partial charge in [-0.3, -0.25) is 0 Å². The zero-order chi connectivity index (χ0) is 15.1. The number of hydrogen-bond donors (Lipinski definition) is 2. The highest BCUT2D eigenvalue weighted by Crippen LogP contribution is 2.31. The van der Waals surface area contributed by atoms with E-state index in [0.717, 1.165) is 37.5 Å². The summed E-state index contributed by atoms with van der Waals surface area (Å²) in [4.78, 5) is 2.64. The van der Waals surface area contributed by atoms with Gasteiger partial charge in [-0.15, -0.1) is 0 Å². The van der Waals surface area contributed by atoms with Crippen molar-refractivity contribution >= 4 is 0 Å². The maximum atomic E-state index is 9.88. The summed E-state index contributed by atoms with van der Waals surface area (Å²) in [5, 5.41) is 13.3. The number of aliphatic hydroxyl groups is 1. The highest BCUT2D eigenvalue weighted by Gasteiger charge is 2.33. The van der Waals surface area contributed by atoms with Crippen molar-refractivity contribution in [2.45, 2.75) is 58.1 Å². The molecule has 1 aliphatic carbocycles. The average molecular weight is 298 g/mol. The molecule has 2 aliphatic rings. The predicted molar refractivity (Wildman–Crippen MR) is 86.5 cm³/mol. The Balaban J connectivity index is 1.41. The molecular weight excluding hydrogens is 264 g/mol. The first-order valence-corrected chi connectivity index (χ1v) is 8.85. The van der Waals surface area contributed by atoms with Crippen molar-refractivity contribution in [3.8, 4) is 0 Å². The SMILES string of the molecule is CC(C)CCCOCC(O)CNCC1CCN(C2CC2)C1. The molecule has 124 valence electrons. The van der Waals surface area contributed by atoms with Crippen LogP contribution >= 0.6 is 0 Å². The number of nitrogens with zero attached hydrogens (tertiary/aromatic N) is 1. The zero-order valence-electron chi connectivity index (χ0n) is 13.9. The Kier molecular flexibility index (Phi) is 7.44. The number of ether oxygens (including phenoxy) is 1. The van der Waals surface area contributed by atoms with Crippen LogP contribution in [0.5, 0.6) is 0 Å². The summed E-state index contributed by atoms with van der Waals surface area (Å²) in [5.41, 5.74) is 0. The fraction of sp³-hybridized carbons (Fsp3) is 1.00. The fourth-order valence-electron chi connectivity index (χ4n) is 3.13. The lowest BCUT2D eigenvalue weighted by Gasteiger charge is -2.16. The molecule has 2 N–H and O–H groups in total. The predicted octanol–water partition coefficient (Wildman–Crippen LogP) is 1.87. The van der Waals surface area contributed by atoms with Crippen LogP contribution in [0.1, 0.15) is 46.0 Å².